The molecule has 0 fully saturated rings. The van der Waals surface area contributed by atoms with E-state index in [4.69, 9.17) is 47.4 Å². The highest BCUT2D eigenvalue weighted by atomic mass is 16.6. The zero-order valence-electron chi connectivity index (χ0n) is 24.1. The molecule has 38 heavy (non-hydrogen) atoms. The Morgan fingerprint density at radius 3 is 1.05 bits per heavy atom. The van der Waals surface area contributed by atoms with Crippen molar-refractivity contribution in [2.24, 2.45) is 5.92 Å². The summed E-state index contributed by atoms with van der Waals surface area (Å²) in [5, 5.41) is 0. The van der Waals surface area contributed by atoms with Crippen LogP contribution in [0.4, 0.5) is 0 Å². The molecule has 0 radical (unpaired) electrons. The van der Waals surface area contributed by atoms with Crippen molar-refractivity contribution in [3.05, 3.63) is 0 Å². The van der Waals surface area contributed by atoms with E-state index < -0.39 is 0 Å². The topological polar surface area (TPSA) is 109 Å². The monoisotopic (exact) mass is 554 g/mol. The highest BCUT2D eigenvalue weighted by Gasteiger charge is 2.00. The normalized spacial score (nSPS) is 12.2. The largest absolute Gasteiger partial charge is 0.463 e. The number of carbonyl (C=O) groups excluding carboxylic acids is 1. The number of esters is 1. The Balaban J connectivity index is 3.06. The van der Waals surface area contributed by atoms with Gasteiger partial charge in [0.05, 0.1) is 112 Å². The molecule has 228 valence electrons. The smallest absolute Gasteiger partial charge is 0.305 e. The van der Waals surface area contributed by atoms with Crippen LogP contribution in [-0.4, -0.2) is 132 Å². The second-order valence-electron chi connectivity index (χ2n) is 8.46. The van der Waals surface area contributed by atoms with E-state index in [0.717, 1.165) is 19.4 Å². The van der Waals surface area contributed by atoms with Gasteiger partial charge in [0.1, 0.15) is 6.61 Å². The van der Waals surface area contributed by atoms with Gasteiger partial charge in [-0.05, 0) is 12.3 Å². The minimum absolute atomic E-state index is 0.184. The van der Waals surface area contributed by atoms with Crippen molar-refractivity contribution < 1.29 is 52.2 Å². The van der Waals surface area contributed by atoms with Gasteiger partial charge in [0.15, 0.2) is 0 Å². The fourth-order valence-electron chi connectivity index (χ4n) is 2.65. The zero-order chi connectivity index (χ0) is 27.8. The Morgan fingerprint density at radius 1 is 0.474 bits per heavy atom. The summed E-state index contributed by atoms with van der Waals surface area (Å²) in [5.74, 6) is 0.413. The summed E-state index contributed by atoms with van der Waals surface area (Å²) in [6.45, 7) is 16.1. The van der Waals surface area contributed by atoms with Gasteiger partial charge in [-0.3, -0.25) is 4.79 Å². The zero-order valence-corrected chi connectivity index (χ0v) is 24.1. The van der Waals surface area contributed by atoms with E-state index in [1.807, 2.05) is 6.92 Å². The summed E-state index contributed by atoms with van der Waals surface area (Å²) in [6.07, 6.45) is 2.37. The number of hydrogen-bond donors (Lipinski definition) is 0. The van der Waals surface area contributed by atoms with Gasteiger partial charge in [-0.15, -0.1) is 0 Å². The minimum atomic E-state index is -0.184. The lowest BCUT2D eigenvalue weighted by molar-refractivity contribution is -0.145. The second kappa shape index (κ2) is 32.3. The molecule has 0 N–H and O–H groups in total. The first-order valence-electron chi connectivity index (χ1n) is 14.1. The van der Waals surface area contributed by atoms with Crippen LogP contribution in [0.5, 0.6) is 0 Å². The molecule has 0 aliphatic rings. The van der Waals surface area contributed by atoms with Crippen LogP contribution in [0.3, 0.4) is 0 Å². The van der Waals surface area contributed by atoms with E-state index in [1.54, 1.807) is 0 Å². The van der Waals surface area contributed by atoms with Crippen LogP contribution in [0.25, 0.3) is 0 Å². The molecule has 0 spiro atoms. The molecule has 0 aromatic heterocycles. The molecule has 0 rings (SSSR count). The van der Waals surface area contributed by atoms with Crippen molar-refractivity contribution in [3.63, 3.8) is 0 Å². The highest BCUT2D eigenvalue weighted by Crippen LogP contribution is 2.00. The van der Waals surface area contributed by atoms with Crippen LogP contribution in [0.15, 0.2) is 0 Å². The predicted molar refractivity (Wildman–Crippen MR) is 143 cm³/mol. The molecule has 0 amide bonds. The van der Waals surface area contributed by atoms with Crippen molar-refractivity contribution in [2.45, 2.75) is 40.0 Å². The molecule has 0 saturated heterocycles. The van der Waals surface area contributed by atoms with E-state index in [1.165, 1.54) is 0 Å². The lowest BCUT2D eigenvalue weighted by Crippen LogP contribution is -2.15. The van der Waals surface area contributed by atoms with Crippen molar-refractivity contribution in [3.8, 4) is 0 Å². The summed E-state index contributed by atoms with van der Waals surface area (Å²) in [5.41, 5.74) is 0. The van der Waals surface area contributed by atoms with Crippen molar-refractivity contribution in [1.29, 1.82) is 0 Å². The lowest BCUT2D eigenvalue weighted by Gasteiger charge is -2.10. The number of carbonyl (C=O) groups is 1. The third kappa shape index (κ3) is 31.3. The van der Waals surface area contributed by atoms with Gasteiger partial charge in [0.2, 0.25) is 0 Å². The van der Waals surface area contributed by atoms with Gasteiger partial charge in [-0.25, -0.2) is 0 Å². The Bertz CT molecular complexity index is 468. The fourth-order valence-corrected chi connectivity index (χ4v) is 2.65. The van der Waals surface area contributed by atoms with E-state index >= 15 is 0 Å². The SMILES string of the molecule is CCCC(=O)OCCOCCOCCOCCOCCOCCOCCOCCOCCOCC(C)CC. The molecule has 0 aliphatic carbocycles. The first-order valence-corrected chi connectivity index (χ1v) is 14.1. The third-order valence-corrected chi connectivity index (χ3v) is 5.02. The standard InChI is InChI=1S/C27H54O11/c1-4-6-27(28)38-24-23-36-20-19-34-16-15-32-12-11-30-8-7-29-9-10-31-13-14-33-17-18-35-21-22-37-25-26(3)5-2/h26H,4-25H2,1-3H3. The molecule has 11 heteroatoms. The fraction of sp³-hybridized carbons (Fsp3) is 0.963. The molecule has 11 nitrogen and oxygen atoms in total. The first-order chi connectivity index (χ1) is 18.7. The van der Waals surface area contributed by atoms with Crippen LogP contribution in [0.1, 0.15) is 40.0 Å². The summed E-state index contributed by atoms with van der Waals surface area (Å²) in [4.78, 5) is 11.2. The molecular weight excluding hydrogens is 500 g/mol. The van der Waals surface area contributed by atoms with Crippen LogP contribution in [0, 0.1) is 5.92 Å². The van der Waals surface area contributed by atoms with Crippen molar-refractivity contribution in [2.75, 3.05) is 126 Å². The van der Waals surface area contributed by atoms with Crippen molar-refractivity contribution in [1.82, 2.24) is 0 Å². The Hall–Kier alpha value is -0.890. The van der Waals surface area contributed by atoms with Gasteiger partial charge in [-0.2, -0.15) is 0 Å². The molecule has 1 atom stereocenters. The lowest BCUT2D eigenvalue weighted by atomic mass is 10.1. The second-order valence-corrected chi connectivity index (χ2v) is 8.46. The van der Waals surface area contributed by atoms with Crippen LogP contribution >= 0.6 is 0 Å². The summed E-state index contributed by atoms with van der Waals surface area (Å²) >= 11 is 0. The molecule has 0 heterocycles. The maximum atomic E-state index is 11.2. The van der Waals surface area contributed by atoms with E-state index in [-0.39, 0.29) is 12.6 Å². The van der Waals surface area contributed by atoms with E-state index in [2.05, 4.69) is 13.8 Å². The van der Waals surface area contributed by atoms with Crippen LogP contribution in [0.2, 0.25) is 0 Å². The Labute approximate surface area is 230 Å². The van der Waals surface area contributed by atoms with Crippen LogP contribution < -0.4 is 0 Å². The molecular formula is C27H54O11. The number of hydrogen-bond acceptors (Lipinski definition) is 11. The molecule has 0 saturated carbocycles. The predicted octanol–water partition coefficient (Wildman–Crippen LogP) is 2.53. The molecule has 0 bridgehead atoms. The van der Waals surface area contributed by atoms with E-state index in [9.17, 15) is 4.79 Å². The summed E-state index contributed by atoms with van der Waals surface area (Å²) in [6, 6.07) is 0. The van der Waals surface area contributed by atoms with Gasteiger partial charge in [-0.1, -0.05) is 27.2 Å². The van der Waals surface area contributed by atoms with Gasteiger partial charge in [0, 0.05) is 13.0 Å². The Morgan fingerprint density at radius 2 is 0.763 bits per heavy atom. The van der Waals surface area contributed by atoms with Gasteiger partial charge >= 0.3 is 5.97 Å². The molecule has 0 aromatic rings. The highest BCUT2D eigenvalue weighted by molar-refractivity contribution is 5.69. The summed E-state index contributed by atoms with van der Waals surface area (Å²) < 4.78 is 53.9. The molecule has 0 aliphatic heterocycles. The average Bonchev–Trinajstić information content (AvgIpc) is 2.92. The number of rotatable bonds is 32. The molecule has 1 unspecified atom stereocenters. The Kier molecular flexibility index (Phi) is 31.6. The van der Waals surface area contributed by atoms with E-state index in [0.29, 0.717) is 125 Å². The maximum absolute atomic E-state index is 11.2. The minimum Gasteiger partial charge on any atom is -0.463 e. The van der Waals surface area contributed by atoms with Gasteiger partial charge in [0.25, 0.3) is 0 Å². The summed E-state index contributed by atoms with van der Waals surface area (Å²) in [7, 11) is 0. The third-order valence-electron chi connectivity index (χ3n) is 5.02. The molecule has 0 aromatic carbocycles. The van der Waals surface area contributed by atoms with Gasteiger partial charge < -0.3 is 47.4 Å². The quantitative estimate of drug-likeness (QED) is 0.0904. The van der Waals surface area contributed by atoms with Crippen molar-refractivity contribution >= 4 is 5.97 Å². The first kappa shape index (κ1) is 37.1. The number of ether oxygens (including phenoxy) is 10. The average molecular weight is 555 g/mol. The van der Waals surface area contributed by atoms with Crippen LogP contribution in [-0.2, 0) is 52.2 Å². The maximum Gasteiger partial charge on any atom is 0.305 e.